The maximum Gasteiger partial charge on any atom is 0.348 e. The zero-order chi connectivity index (χ0) is 19.6. The van der Waals surface area contributed by atoms with E-state index in [-0.39, 0.29) is 17.3 Å². The molecule has 27 heavy (non-hydrogen) atoms. The number of ether oxygens (including phenoxy) is 1. The summed E-state index contributed by atoms with van der Waals surface area (Å²) in [5.41, 5.74) is 2.69. The van der Waals surface area contributed by atoms with Crippen LogP contribution < -0.4 is 5.14 Å². The molecule has 2 N–H and O–H groups in total. The monoisotopic (exact) mass is 405 g/mol. The second-order valence-corrected chi connectivity index (χ2v) is 8.09. The minimum atomic E-state index is -3.82. The van der Waals surface area contributed by atoms with E-state index in [9.17, 15) is 17.6 Å². The lowest BCUT2D eigenvalue weighted by molar-refractivity contribution is 0.0533. The topological polar surface area (TPSA) is 86.5 Å². The average molecular weight is 405 g/mol. The molecule has 0 aliphatic heterocycles. The number of rotatable bonds is 5. The van der Waals surface area contributed by atoms with Gasteiger partial charge in [-0.05, 0) is 42.3 Å². The lowest BCUT2D eigenvalue weighted by Crippen LogP contribution is -2.11. The largest absolute Gasteiger partial charge is 0.462 e. The molecule has 0 aliphatic rings. The molecule has 3 aromatic rings. The summed E-state index contributed by atoms with van der Waals surface area (Å²) in [6.45, 7) is 1.94. The van der Waals surface area contributed by atoms with Crippen LogP contribution in [0.25, 0.3) is 22.3 Å². The molecule has 5 nitrogen and oxygen atoms in total. The highest BCUT2D eigenvalue weighted by Crippen LogP contribution is 2.40. The van der Waals surface area contributed by atoms with E-state index in [1.807, 2.05) is 0 Å². The average Bonchev–Trinajstić information content (AvgIpc) is 3.07. The molecule has 0 fully saturated rings. The van der Waals surface area contributed by atoms with Gasteiger partial charge < -0.3 is 4.74 Å². The molecule has 1 aromatic heterocycles. The van der Waals surface area contributed by atoms with Crippen molar-refractivity contribution in [2.24, 2.45) is 5.14 Å². The molecule has 0 amide bonds. The van der Waals surface area contributed by atoms with E-state index in [1.54, 1.807) is 36.6 Å². The lowest BCUT2D eigenvalue weighted by atomic mass is 9.97. The lowest BCUT2D eigenvalue weighted by Gasteiger charge is -2.09. The first-order chi connectivity index (χ1) is 12.8. The van der Waals surface area contributed by atoms with Crippen molar-refractivity contribution in [2.75, 3.05) is 6.61 Å². The van der Waals surface area contributed by atoms with Crippen molar-refractivity contribution in [1.82, 2.24) is 0 Å². The minimum absolute atomic E-state index is 0.0255. The molecule has 1 heterocycles. The summed E-state index contributed by atoms with van der Waals surface area (Å²) < 4.78 is 41.4. The van der Waals surface area contributed by atoms with Crippen LogP contribution in [-0.2, 0) is 14.8 Å². The summed E-state index contributed by atoms with van der Waals surface area (Å²) in [5.74, 6) is -0.833. The maximum absolute atomic E-state index is 13.3. The number of esters is 1. The first-order valence-electron chi connectivity index (χ1n) is 7.99. The van der Waals surface area contributed by atoms with Gasteiger partial charge in [-0.25, -0.2) is 22.7 Å². The molecule has 8 heteroatoms. The molecule has 2 aromatic carbocycles. The van der Waals surface area contributed by atoms with Crippen molar-refractivity contribution in [2.45, 2.75) is 11.8 Å². The fraction of sp³-hybridized carbons (Fsp3) is 0.105. The van der Waals surface area contributed by atoms with Gasteiger partial charge in [-0.3, -0.25) is 0 Å². The second kappa shape index (κ2) is 7.59. The molecular formula is C19H16FNO4S2. The highest BCUT2D eigenvalue weighted by molar-refractivity contribution is 7.89. The molecule has 0 radical (unpaired) electrons. The number of hydrogen-bond donors (Lipinski definition) is 1. The van der Waals surface area contributed by atoms with Gasteiger partial charge in [0.05, 0.1) is 11.5 Å². The highest BCUT2D eigenvalue weighted by Gasteiger charge is 2.22. The van der Waals surface area contributed by atoms with E-state index in [4.69, 9.17) is 9.88 Å². The number of halogens is 1. The number of hydrogen-bond acceptors (Lipinski definition) is 5. The fourth-order valence-corrected chi connectivity index (χ4v) is 4.15. The van der Waals surface area contributed by atoms with Crippen molar-refractivity contribution in [1.29, 1.82) is 0 Å². The van der Waals surface area contributed by atoms with Gasteiger partial charge >= 0.3 is 5.97 Å². The van der Waals surface area contributed by atoms with Gasteiger partial charge in [-0.15, -0.1) is 11.3 Å². The van der Waals surface area contributed by atoms with Crippen LogP contribution in [0.1, 0.15) is 16.6 Å². The molecule has 140 valence electrons. The van der Waals surface area contributed by atoms with Crippen molar-refractivity contribution >= 4 is 27.3 Å². The van der Waals surface area contributed by atoms with Crippen molar-refractivity contribution in [3.63, 3.8) is 0 Å². The predicted octanol–water partition coefficient (Wildman–Crippen LogP) is 4.05. The Labute approximate surface area is 160 Å². The summed E-state index contributed by atoms with van der Waals surface area (Å²) in [6, 6.07) is 11.8. The number of benzene rings is 2. The molecule has 0 atom stereocenters. The quantitative estimate of drug-likeness (QED) is 0.649. The number of nitrogens with two attached hydrogens (primary N) is 1. The molecular weight excluding hydrogens is 389 g/mol. The van der Waals surface area contributed by atoms with Gasteiger partial charge in [0.25, 0.3) is 0 Å². The molecule has 0 saturated heterocycles. The van der Waals surface area contributed by atoms with Crippen LogP contribution in [0.15, 0.2) is 58.8 Å². The Morgan fingerprint density at radius 3 is 2.22 bits per heavy atom. The van der Waals surface area contributed by atoms with E-state index in [0.717, 1.165) is 11.1 Å². The van der Waals surface area contributed by atoms with Crippen LogP contribution >= 0.6 is 11.3 Å². The first-order valence-corrected chi connectivity index (χ1v) is 10.4. The van der Waals surface area contributed by atoms with Crippen molar-refractivity contribution in [3.05, 3.63) is 64.6 Å². The Hall–Kier alpha value is -2.55. The molecule has 3 rings (SSSR count). The van der Waals surface area contributed by atoms with Crippen molar-refractivity contribution in [3.8, 4) is 22.3 Å². The van der Waals surface area contributed by atoms with E-state index >= 15 is 0 Å². The van der Waals surface area contributed by atoms with Crippen molar-refractivity contribution < 1.29 is 22.3 Å². The van der Waals surface area contributed by atoms with Crippen LogP contribution in [0.3, 0.4) is 0 Å². The van der Waals surface area contributed by atoms with Crippen LogP contribution in [0, 0.1) is 5.82 Å². The third kappa shape index (κ3) is 4.08. The smallest absolute Gasteiger partial charge is 0.348 e. The number of sulfonamides is 1. The third-order valence-corrected chi connectivity index (χ3v) is 5.77. The molecule has 0 bridgehead atoms. The van der Waals surface area contributed by atoms with E-state index < -0.39 is 16.0 Å². The first kappa shape index (κ1) is 19.2. The van der Waals surface area contributed by atoms with Gasteiger partial charge in [0, 0.05) is 16.5 Å². The molecule has 0 aliphatic carbocycles. The summed E-state index contributed by atoms with van der Waals surface area (Å²) >= 11 is 1.22. The van der Waals surface area contributed by atoms with E-state index in [1.165, 1.54) is 35.6 Å². The number of thiophene rings is 1. The maximum atomic E-state index is 13.3. The van der Waals surface area contributed by atoms with Gasteiger partial charge in [-0.2, -0.15) is 0 Å². The summed E-state index contributed by atoms with van der Waals surface area (Å²) in [5, 5.41) is 6.94. The second-order valence-electron chi connectivity index (χ2n) is 5.65. The summed E-state index contributed by atoms with van der Waals surface area (Å²) in [6.07, 6.45) is 0. The Morgan fingerprint density at radius 2 is 1.67 bits per heavy atom. The Kier molecular flexibility index (Phi) is 5.41. The molecule has 0 saturated carbocycles. The van der Waals surface area contributed by atoms with Crippen LogP contribution in [0.2, 0.25) is 0 Å². The number of primary sulfonamides is 1. The van der Waals surface area contributed by atoms with Gasteiger partial charge in [0.15, 0.2) is 0 Å². The third-order valence-electron chi connectivity index (χ3n) is 3.88. The van der Waals surface area contributed by atoms with Gasteiger partial charge in [0.1, 0.15) is 10.7 Å². The SMILES string of the molecule is CCOC(=O)c1scc(-c2ccc(F)cc2)c1-c1ccc(S(N)(=O)=O)cc1. The summed E-state index contributed by atoms with van der Waals surface area (Å²) in [4.78, 5) is 12.7. The normalized spacial score (nSPS) is 11.4. The van der Waals surface area contributed by atoms with Crippen LogP contribution in [0.5, 0.6) is 0 Å². The Balaban J connectivity index is 2.17. The highest BCUT2D eigenvalue weighted by atomic mass is 32.2. The number of carbonyl (C=O) groups excluding carboxylic acids is 1. The molecule has 0 spiro atoms. The van der Waals surface area contributed by atoms with Crippen LogP contribution in [0.4, 0.5) is 4.39 Å². The zero-order valence-corrected chi connectivity index (χ0v) is 15.9. The molecule has 0 unspecified atom stereocenters. The Bertz CT molecular complexity index is 1070. The summed E-state index contributed by atoms with van der Waals surface area (Å²) in [7, 11) is -3.82. The fourth-order valence-electron chi connectivity index (χ4n) is 2.64. The number of carbonyl (C=O) groups is 1. The van der Waals surface area contributed by atoms with E-state index in [0.29, 0.717) is 16.0 Å². The Morgan fingerprint density at radius 1 is 1.07 bits per heavy atom. The standard InChI is InChI=1S/C19H16FNO4S2/c1-2-25-19(22)18-17(13-5-9-15(10-6-13)27(21,23)24)16(11-26-18)12-3-7-14(20)8-4-12/h3-11H,2H2,1H3,(H2,21,23,24). The van der Waals surface area contributed by atoms with Gasteiger partial charge in [-0.1, -0.05) is 24.3 Å². The van der Waals surface area contributed by atoms with E-state index in [2.05, 4.69) is 0 Å². The minimum Gasteiger partial charge on any atom is -0.462 e. The van der Waals surface area contributed by atoms with Crippen LogP contribution in [-0.4, -0.2) is 21.0 Å². The zero-order valence-electron chi connectivity index (χ0n) is 14.3. The van der Waals surface area contributed by atoms with Gasteiger partial charge in [0.2, 0.25) is 10.0 Å². The predicted molar refractivity (Wildman–Crippen MR) is 102 cm³/mol.